The second-order valence-corrected chi connectivity index (χ2v) is 4.31. The third kappa shape index (κ3) is 2.77. The number of rotatable bonds is 3. The fraction of sp³-hybridized carbons (Fsp3) is 0.333. The summed E-state index contributed by atoms with van der Waals surface area (Å²) in [6.07, 6.45) is 0. The maximum Gasteiger partial charge on any atom is 0.254 e. The normalized spacial score (nSPS) is 12.0. The first-order valence-electron chi connectivity index (χ1n) is 5.17. The van der Waals surface area contributed by atoms with Crippen LogP contribution < -0.4 is 5.73 Å². The molecule has 0 aliphatic heterocycles. The van der Waals surface area contributed by atoms with Crippen LogP contribution in [0.25, 0.3) is 0 Å². The summed E-state index contributed by atoms with van der Waals surface area (Å²) in [6.45, 7) is 3.35. The highest BCUT2D eigenvalue weighted by Crippen LogP contribution is 2.20. The zero-order valence-electron chi connectivity index (χ0n) is 10.0. The first kappa shape index (κ1) is 13.5. The van der Waals surface area contributed by atoms with Crippen LogP contribution in [0.4, 0.5) is 0 Å². The highest BCUT2D eigenvalue weighted by molar-refractivity contribution is 6.31. The molecule has 0 unspecified atom stereocenters. The van der Waals surface area contributed by atoms with E-state index in [0.29, 0.717) is 16.1 Å². The van der Waals surface area contributed by atoms with E-state index in [1.165, 1.54) is 11.9 Å². The molecule has 2 N–H and O–H groups in total. The third-order valence-corrected chi connectivity index (χ3v) is 3.22. The molecular weight excluding hydrogens is 240 g/mol. The van der Waals surface area contributed by atoms with E-state index in [1.54, 1.807) is 32.0 Å². The smallest absolute Gasteiger partial charge is 0.254 e. The average Bonchev–Trinajstić information content (AvgIpc) is 2.29. The SMILES string of the molecule is Cc1c(Cl)cccc1C(=O)N(C)[C@H](C)C(N)=O. The molecule has 1 atom stereocenters. The lowest BCUT2D eigenvalue weighted by Gasteiger charge is -2.23. The molecule has 17 heavy (non-hydrogen) atoms. The van der Waals surface area contributed by atoms with Gasteiger partial charge in [0.25, 0.3) is 5.91 Å². The molecule has 0 bridgehead atoms. The van der Waals surface area contributed by atoms with E-state index in [4.69, 9.17) is 17.3 Å². The van der Waals surface area contributed by atoms with Gasteiger partial charge in [0.05, 0.1) is 0 Å². The lowest BCUT2D eigenvalue weighted by atomic mass is 10.1. The Bertz CT molecular complexity index is 460. The number of amides is 2. The molecule has 0 aliphatic rings. The first-order valence-corrected chi connectivity index (χ1v) is 5.55. The molecule has 0 heterocycles. The van der Waals surface area contributed by atoms with Gasteiger partial charge in [-0.3, -0.25) is 9.59 Å². The summed E-state index contributed by atoms with van der Waals surface area (Å²) in [5, 5.41) is 0.524. The Hall–Kier alpha value is -1.55. The summed E-state index contributed by atoms with van der Waals surface area (Å²) >= 11 is 5.94. The van der Waals surface area contributed by atoms with Gasteiger partial charge in [-0.1, -0.05) is 17.7 Å². The molecule has 1 rings (SSSR count). The summed E-state index contributed by atoms with van der Waals surface area (Å²) in [5.74, 6) is -0.808. The number of nitrogens with two attached hydrogens (primary N) is 1. The Balaban J connectivity index is 3.05. The largest absolute Gasteiger partial charge is 0.368 e. The number of primary amides is 1. The van der Waals surface area contributed by atoms with Gasteiger partial charge in [0.2, 0.25) is 5.91 Å². The number of carbonyl (C=O) groups excluding carboxylic acids is 2. The minimum Gasteiger partial charge on any atom is -0.368 e. The standard InChI is InChI=1S/C12H15ClN2O2/c1-7-9(5-4-6-10(7)13)12(17)15(3)8(2)11(14)16/h4-6,8H,1-3H3,(H2,14,16)/t8-/m1/s1. The fourth-order valence-corrected chi connectivity index (χ4v) is 1.57. The molecule has 92 valence electrons. The Morgan fingerprint density at radius 3 is 2.53 bits per heavy atom. The monoisotopic (exact) mass is 254 g/mol. The number of halogens is 1. The number of carbonyl (C=O) groups is 2. The van der Waals surface area contributed by atoms with Crippen LogP contribution in [0.5, 0.6) is 0 Å². The molecule has 0 aliphatic carbocycles. The first-order chi connectivity index (χ1) is 7.86. The van der Waals surface area contributed by atoms with E-state index in [9.17, 15) is 9.59 Å². The maximum absolute atomic E-state index is 12.1. The minimum atomic E-state index is -0.652. The van der Waals surface area contributed by atoms with Crippen LogP contribution >= 0.6 is 11.6 Å². The van der Waals surface area contributed by atoms with Crippen LogP contribution in [0.2, 0.25) is 5.02 Å². The van der Waals surface area contributed by atoms with Gasteiger partial charge in [0, 0.05) is 17.6 Å². The quantitative estimate of drug-likeness (QED) is 0.890. The number of likely N-dealkylation sites (N-methyl/N-ethyl adjacent to an activating group) is 1. The predicted molar refractivity (Wildman–Crippen MR) is 66.9 cm³/mol. The van der Waals surface area contributed by atoms with Crippen molar-refractivity contribution in [2.75, 3.05) is 7.05 Å². The van der Waals surface area contributed by atoms with Gasteiger partial charge < -0.3 is 10.6 Å². The van der Waals surface area contributed by atoms with Crippen molar-refractivity contribution in [3.05, 3.63) is 34.3 Å². The molecule has 0 saturated carbocycles. The van der Waals surface area contributed by atoms with E-state index < -0.39 is 11.9 Å². The second-order valence-electron chi connectivity index (χ2n) is 3.91. The van der Waals surface area contributed by atoms with E-state index in [0.717, 1.165) is 0 Å². The van der Waals surface area contributed by atoms with Crippen LogP contribution in [-0.4, -0.2) is 29.8 Å². The van der Waals surface area contributed by atoms with Crippen LogP contribution in [0.1, 0.15) is 22.8 Å². The Morgan fingerprint density at radius 2 is 2.00 bits per heavy atom. The van der Waals surface area contributed by atoms with Crippen molar-refractivity contribution >= 4 is 23.4 Å². The summed E-state index contributed by atoms with van der Waals surface area (Å²) in [7, 11) is 1.54. The number of hydrogen-bond donors (Lipinski definition) is 1. The second kappa shape index (κ2) is 5.19. The topological polar surface area (TPSA) is 63.4 Å². The summed E-state index contributed by atoms with van der Waals surface area (Å²) in [4.78, 5) is 24.5. The Kier molecular flexibility index (Phi) is 4.12. The highest BCUT2D eigenvalue weighted by Gasteiger charge is 2.22. The van der Waals surface area contributed by atoms with Gasteiger partial charge in [-0.15, -0.1) is 0 Å². The molecule has 0 aromatic heterocycles. The number of nitrogens with zero attached hydrogens (tertiary/aromatic N) is 1. The fourth-order valence-electron chi connectivity index (χ4n) is 1.40. The van der Waals surface area contributed by atoms with Crippen molar-refractivity contribution in [1.82, 2.24) is 4.90 Å². The Labute approximate surface area is 105 Å². The van der Waals surface area contributed by atoms with Gasteiger partial charge in [0.15, 0.2) is 0 Å². The molecule has 2 amide bonds. The molecule has 1 aromatic rings. The molecule has 0 radical (unpaired) electrons. The predicted octanol–water partition coefficient (Wildman–Crippen LogP) is 1.59. The van der Waals surface area contributed by atoms with Crippen LogP contribution in [0.15, 0.2) is 18.2 Å². The van der Waals surface area contributed by atoms with E-state index >= 15 is 0 Å². The van der Waals surface area contributed by atoms with Crippen molar-refractivity contribution in [3.63, 3.8) is 0 Å². The van der Waals surface area contributed by atoms with Gasteiger partial charge in [-0.25, -0.2) is 0 Å². The van der Waals surface area contributed by atoms with Gasteiger partial charge in [0.1, 0.15) is 6.04 Å². The molecular formula is C12H15ClN2O2. The lowest BCUT2D eigenvalue weighted by Crippen LogP contribution is -2.43. The van der Waals surface area contributed by atoms with E-state index in [1.807, 2.05) is 0 Å². The zero-order chi connectivity index (χ0) is 13.2. The summed E-state index contributed by atoms with van der Waals surface area (Å²) in [5.41, 5.74) is 6.34. The van der Waals surface area contributed by atoms with Crippen molar-refractivity contribution in [1.29, 1.82) is 0 Å². The highest BCUT2D eigenvalue weighted by atomic mass is 35.5. The van der Waals surface area contributed by atoms with E-state index in [2.05, 4.69) is 0 Å². The lowest BCUT2D eigenvalue weighted by molar-refractivity contribution is -0.121. The van der Waals surface area contributed by atoms with Gasteiger partial charge in [-0.05, 0) is 31.5 Å². The van der Waals surface area contributed by atoms with Crippen LogP contribution in [0, 0.1) is 6.92 Å². The zero-order valence-corrected chi connectivity index (χ0v) is 10.8. The molecule has 0 saturated heterocycles. The van der Waals surface area contributed by atoms with Crippen molar-refractivity contribution in [2.45, 2.75) is 19.9 Å². The molecule has 0 fully saturated rings. The maximum atomic E-state index is 12.1. The van der Waals surface area contributed by atoms with E-state index in [-0.39, 0.29) is 5.91 Å². The van der Waals surface area contributed by atoms with Crippen LogP contribution in [0.3, 0.4) is 0 Å². The summed E-state index contributed by atoms with van der Waals surface area (Å²) in [6, 6.07) is 4.44. The van der Waals surface area contributed by atoms with Crippen molar-refractivity contribution in [2.24, 2.45) is 5.73 Å². The third-order valence-electron chi connectivity index (χ3n) is 2.81. The number of hydrogen-bond acceptors (Lipinski definition) is 2. The van der Waals surface area contributed by atoms with Crippen molar-refractivity contribution < 1.29 is 9.59 Å². The number of benzene rings is 1. The molecule has 1 aromatic carbocycles. The van der Waals surface area contributed by atoms with Gasteiger partial charge >= 0.3 is 0 Å². The molecule has 5 heteroatoms. The average molecular weight is 255 g/mol. The van der Waals surface area contributed by atoms with Crippen LogP contribution in [-0.2, 0) is 4.79 Å². The van der Waals surface area contributed by atoms with Gasteiger partial charge in [-0.2, -0.15) is 0 Å². The molecule has 0 spiro atoms. The Morgan fingerprint density at radius 1 is 1.41 bits per heavy atom. The van der Waals surface area contributed by atoms with Crippen molar-refractivity contribution in [3.8, 4) is 0 Å². The molecule has 4 nitrogen and oxygen atoms in total. The minimum absolute atomic E-state index is 0.267. The summed E-state index contributed by atoms with van der Waals surface area (Å²) < 4.78 is 0.